The van der Waals surface area contributed by atoms with Gasteiger partial charge in [0.25, 0.3) is 0 Å². The maximum absolute atomic E-state index is 13.5. The quantitative estimate of drug-likeness (QED) is 0.473. The van der Waals surface area contributed by atoms with E-state index in [0.717, 1.165) is 12.1 Å². The standard InChI is InChI=1S/C25H23ClF3N5O2/c26-19-5-7-20(8-6-19)34-22(17-3-1-4-18(15-17)25(27,28)29)21(36-24(34)35)16-32-11-13-33(14-12-32)23-30-9-2-10-31-23/h1-10,15,21-22H,11-14,16H2/t21-,22-/m0/s1. The van der Waals surface area contributed by atoms with Crippen LogP contribution in [0.15, 0.2) is 67.0 Å². The van der Waals surface area contributed by atoms with Crippen LogP contribution in [0.1, 0.15) is 17.2 Å². The van der Waals surface area contributed by atoms with Crippen molar-refractivity contribution < 1.29 is 22.7 Å². The summed E-state index contributed by atoms with van der Waals surface area (Å²) in [7, 11) is 0. The Morgan fingerprint density at radius 2 is 1.67 bits per heavy atom. The second kappa shape index (κ2) is 9.94. The van der Waals surface area contributed by atoms with E-state index >= 15 is 0 Å². The van der Waals surface area contributed by atoms with Crippen LogP contribution >= 0.6 is 11.6 Å². The number of hydrogen-bond acceptors (Lipinski definition) is 6. The van der Waals surface area contributed by atoms with Crippen LogP contribution in [-0.2, 0) is 10.9 Å². The van der Waals surface area contributed by atoms with Gasteiger partial charge < -0.3 is 9.64 Å². The van der Waals surface area contributed by atoms with Gasteiger partial charge >= 0.3 is 12.3 Å². The number of carbonyl (C=O) groups is 1. The Balaban J connectivity index is 1.40. The molecule has 0 unspecified atom stereocenters. The Hall–Kier alpha value is -3.37. The minimum absolute atomic E-state index is 0.354. The summed E-state index contributed by atoms with van der Waals surface area (Å²) >= 11 is 6.01. The molecule has 7 nitrogen and oxygen atoms in total. The van der Waals surface area contributed by atoms with E-state index in [9.17, 15) is 18.0 Å². The van der Waals surface area contributed by atoms with Gasteiger partial charge in [0.1, 0.15) is 12.1 Å². The summed E-state index contributed by atoms with van der Waals surface area (Å²) in [6.07, 6.45) is -2.40. The maximum atomic E-state index is 13.5. The molecule has 2 saturated heterocycles. The van der Waals surface area contributed by atoms with E-state index < -0.39 is 30.0 Å². The summed E-state index contributed by atoms with van der Waals surface area (Å²) in [5.41, 5.74) is 0.0814. The van der Waals surface area contributed by atoms with E-state index in [1.807, 2.05) is 0 Å². The number of aromatic nitrogens is 2. The lowest BCUT2D eigenvalue weighted by molar-refractivity contribution is -0.137. The summed E-state index contributed by atoms with van der Waals surface area (Å²) in [6, 6.07) is 12.7. The zero-order valence-electron chi connectivity index (χ0n) is 19.1. The van der Waals surface area contributed by atoms with Crippen LogP contribution in [-0.4, -0.2) is 59.8 Å². The van der Waals surface area contributed by atoms with Crippen molar-refractivity contribution in [3.8, 4) is 0 Å². The first kappa shape index (κ1) is 24.3. The number of anilines is 2. The molecule has 0 saturated carbocycles. The van der Waals surface area contributed by atoms with Gasteiger partial charge in [-0.2, -0.15) is 13.2 Å². The molecule has 188 valence electrons. The molecular formula is C25H23ClF3N5O2. The van der Waals surface area contributed by atoms with Crippen molar-refractivity contribution in [3.05, 3.63) is 83.1 Å². The van der Waals surface area contributed by atoms with Crippen molar-refractivity contribution >= 4 is 29.3 Å². The first-order valence-electron chi connectivity index (χ1n) is 11.5. The Morgan fingerprint density at radius 3 is 2.33 bits per heavy atom. The van der Waals surface area contributed by atoms with Crippen LogP contribution in [0.4, 0.5) is 29.6 Å². The second-order valence-electron chi connectivity index (χ2n) is 8.67. The highest BCUT2D eigenvalue weighted by Gasteiger charge is 2.45. The van der Waals surface area contributed by atoms with Gasteiger partial charge in [0.15, 0.2) is 0 Å². The smallest absolute Gasteiger partial charge is 0.416 e. The summed E-state index contributed by atoms with van der Waals surface area (Å²) in [6.45, 7) is 3.07. The van der Waals surface area contributed by atoms with Gasteiger partial charge in [0.2, 0.25) is 5.95 Å². The maximum Gasteiger partial charge on any atom is 0.416 e. The molecular weight excluding hydrogens is 495 g/mol. The molecule has 0 radical (unpaired) electrons. The molecule has 2 aliphatic rings. The third-order valence-electron chi connectivity index (χ3n) is 6.38. The summed E-state index contributed by atoms with van der Waals surface area (Å²) in [5.74, 6) is 0.653. The number of piperazine rings is 1. The molecule has 2 fully saturated rings. The summed E-state index contributed by atoms with van der Waals surface area (Å²) in [5, 5.41) is 0.485. The number of alkyl halides is 3. The Morgan fingerprint density at radius 1 is 0.972 bits per heavy atom. The van der Waals surface area contributed by atoms with Crippen molar-refractivity contribution in [1.82, 2.24) is 14.9 Å². The molecule has 0 spiro atoms. The number of carbonyl (C=O) groups excluding carboxylic acids is 1. The predicted octanol–water partition coefficient (Wildman–Crippen LogP) is 5.04. The van der Waals surface area contributed by atoms with Crippen LogP contribution in [0.25, 0.3) is 0 Å². The monoisotopic (exact) mass is 517 g/mol. The van der Waals surface area contributed by atoms with Gasteiger partial charge in [-0.15, -0.1) is 0 Å². The molecule has 36 heavy (non-hydrogen) atoms. The van der Waals surface area contributed by atoms with Gasteiger partial charge in [-0.05, 0) is 48.0 Å². The highest BCUT2D eigenvalue weighted by atomic mass is 35.5. The van der Waals surface area contributed by atoms with Gasteiger partial charge in [-0.3, -0.25) is 9.80 Å². The molecule has 11 heteroatoms. The number of nitrogens with zero attached hydrogens (tertiary/aromatic N) is 5. The van der Waals surface area contributed by atoms with Crippen molar-refractivity contribution in [2.24, 2.45) is 0 Å². The van der Waals surface area contributed by atoms with Gasteiger partial charge in [-0.25, -0.2) is 14.8 Å². The topological polar surface area (TPSA) is 61.8 Å². The average Bonchev–Trinajstić information content (AvgIpc) is 3.20. The fourth-order valence-electron chi connectivity index (χ4n) is 4.64. The van der Waals surface area contributed by atoms with E-state index in [1.165, 1.54) is 11.0 Å². The summed E-state index contributed by atoms with van der Waals surface area (Å²) < 4.78 is 46.2. The molecule has 2 aromatic carbocycles. The number of rotatable bonds is 5. The number of hydrogen-bond donors (Lipinski definition) is 0. The Labute approximate surface area is 211 Å². The predicted molar refractivity (Wildman–Crippen MR) is 129 cm³/mol. The largest absolute Gasteiger partial charge is 0.442 e. The van der Waals surface area contributed by atoms with E-state index in [-0.39, 0.29) is 0 Å². The Bertz CT molecular complexity index is 1200. The highest BCUT2D eigenvalue weighted by Crippen LogP contribution is 2.40. The molecule has 0 aliphatic carbocycles. The lowest BCUT2D eigenvalue weighted by Gasteiger charge is -2.36. The fourth-order valence-corrected chi connectivity index (χ4v) is 4.76. The van der Waals surface area contributed by atoms with Crippen molar-refractivity contribution in [2.45, 2.75) is 18.3 Å². The molecule has 0 N–H and O–H groups in total. The number of cyclic esters (lactones) is 1. The lowest BCUT2D eigenvalue weighted by atomic mass is 9.97. The first-order valence-corrected chi connectivity index (χ1v) is 11.8. The van der Waals surface area contributed by atoms with E-state index in [4.69, 9.17) is 16.3 Å². The average molecular weight is 518 g/mol. The molecule has 2 atom stereocenters. The molecule has 2 aliphatic heterocycles. The molecule has 0 bridgehead atoms. The third-order valence-corrected chi connectivity index (χ3v) is 6.64. The van der Waals surface area contributed by atoms with Crippen molar-refractivity contribution in [1.29, 1.82) is 0 Å². The second-order valence-corrected chi connectivity index (χ2v) is 9.11. The van der Waals surface area contributed by atoms with Crippen molar-refractivity contribution in [3.63, 3.8) is 0 Å². The SMILES string of the molecule is O=C1O[C@@H](CN2CCN(c3ncccn3)CC2)[C@H](c2cccc(C(F)(F)F)c2)N1c1ccc(Cl)cc1. The number of benzene rings is 2. The molecule has 1 amide bonds. The van der Waals surface area contributed by atoms with Crippen LogP contribution in [0, 0.1) is 0 Å². The van der Waals surface area contributed by atoms with Crippen LogP contribution < -0.4 is 9.80 Å². The van der Waals surface area contributed by atoms with Crippen molar-refractivity contribution in [2.75, 3.05) is 42.5 Å². The number of halogens is 4. The van der Waals surface area contributed by atoms with Crippen LogP contribution in [0.5, 0.6) is 0 Å². The fraction of sp³-hybridized carbons (Fsp3) is 0.320. The molecule has 3 aromatic rings. The number of amides is 1. The zero-order chi connectivity index (χ0) is 25.3. The van der Waals surface area contributed by atoms with Gasteiger partial charge in [0.05, 0.1) is 5.56 Å². The molecule has 5 rings (SSSR count). The normalized spacial score (nSPS) is 21.1. The van der Waals surface area contributed by atoms with Crippen LogP contribution in [0.2, 0.25) is 5.02 Å². The molecule has 3 heterocycles. The van der Waals surface area contributed by atoms with Crippen LogP contribution in [0.3, 0.4) is 0 Å². The lowest BCUT2D eigenvalue weighted by Crippen LogP contribution is -2.49. The first-order chi connectivity index (χ1) is 17.3. The minimum atomic E-state index is -4.50. The van der Waals surface area contributed by atoms with Gasteiger partial charge in [-0.1, -0.05) is 23.7 Å². The van der Waals surface area contributed by atoms with E-state index in [0.29, 0.717) is 54.9 Å². The zero-order valence-corrected chi connectivity index (χ0v) is 19.9. The highest BCUT2D eigenvalue weighted by molar-refractivity contribution is 6.30. The Kier molecular flexibility index (Phi) is 6.72. The minimum Gasteiger partial charge on any atom is -0.442 e. The van der Waals surface area contributed by atoms with Gasteiger partial charge in [0, 0.05) is 55.8 Å². The third kappa shape index (κ3) is 5.10. The van der Waals surface area contributed by atoms with E-state index in [2.05, 4.69) is 19.8 Å². The molecule has 1 aromatic heterocycles. The summed E-state index contributed by atoms with van der Waals surface area (Å²) in [4.78, 5) is 27.2. The van der Waals surface area contributed by atoms with E-state index in [1.54, 1.807) is 48.8 Å². The number of ether oxygens (including phenoxy) is 1.